The fraction of sp³-hybridized carbons (Fsp3) is 0.320. The van der Waals surface area contributed by atoms with Crippen molar-refractivity contribution in [2.24, 2.45) is 0 Å². The summed E-state index contributed by atoms with van der Waals surface area (Å²) in [5, 5.41) is 15.9. The Morgan fingerprint density at radius 1 is 1.00 bits per heavy atom. The number of benzene rings is 3. The first kappa shape index (κ1) is 20.9. The number of hydrogen-bond acceptors (Lipinski definition) is 6. The Balaban J connectivity index is 1.40. The molecule has 2 aliphatic rings. The number of carbonyl (C=O) groups excluding carboxylic acids is 1. The summed E-state index contributed by atoms with van der Waals surface area (Å²) in [6.45, 7) is 1.62. The lowest BCUT2D eigenvalue weighted by Crippen LogP contribution is -2.67. The Hall–Kier alpha value is -2.97. The largest absolute Gasteiger partial charge is 0.462 e. The van der Waals surface area contributed by atoms with Crippen molar-refractivity contribution in [1.82, 2.24) is 5.32 Å². The minimum Gasteiger partial charge on any atom is -0.462 e. The molecule has 7 nitrogen and oxygen atoms in total. The molecule has 0 spiro atoms. The second-order valence-corrected chi connectivity index (χ2v) is 8.03. The number of aliphatic hydroxyl groups is 1. The molecular formula is C25H25NO6. The lowest BCUT2D eigenvalue weighted by Gasteiger charge is -2.47. The van der Waals surface area contributed by atoms with Crippen LogP contribution in [-0.2, 0) is 19.0 Å². The number of aliphatic hydroxyl groups excluding tert-OH is 1. The molecule has 0 unspecified atom stereocenters. The van der Waals surface area contributed by atoms with E-state index in [9.17, 15) is 9.90 Å². The average Bonchev–Trinajstić information content (AvgIpc) is 2.82. The van der Waals surface area contributed by atoms with Crippen LogP contribution < -0.4 is 10.1 Å². The van der Waals surface area contributed by atoms with Crippen molar-refractivity contribution in [3.05, 3.63) is 78.4 Å². The summed E-state index contributed by atoms with van der Waals surface area (Å²) in [4.78, 5) is 11.9. The predicted octanol–water partition coefficient (Wildman–Crippen LogP) is 2.92. The van der Waals surface area contributed by atoms with Gasteiger partial charge in [-0.3, -0.25) is 4.79 Å². The van der Waals surface area contributed by atoms with Gasteiger partial charge in [-0.15, -0.1) is 0 Å². The average molecular weight is 435 g/mol. The summed E-state index contributed by atoms with van der Waals surface area (Å²) in [5.41, 5.74) is 0.850. The van der Waals surface area contributed by atoms with Gasteiger partial charge in [-0.25, -0.2) is 0 Å². The van der Waals surface area contributed by atoms with Crippen LogP contribution >= 0.6 is 0 Å². The minimum absolute atomic E-state index is 0.226. The van der Waals surface area contributed by atoms with Crippen LogP contribution in [0.1, 0.15) is 18.8 Å². The Labute approximate surface area is 185 Å². The summed E-state index contributed by atoms with van der Waals surface area (Å²) in [6.07, 6.45) is -3.81. The molecule has 7 heteroatoms. The van der Waals surface area contributed by atoms with Gasteiger partial charge >= 0.3 is 0 Å². The third-order valence-electron chi connectivity index (χ3n) is 5.80. The Bertz CT molecular complexity index is 1080. The van der Waals surface area contributed by atoms with Gasteiger partial charge in [0.25, 0.3) is 0 Å². The second kappa shape index (κ2) is 8.88. The number of carbonyl (C=O) groups is 1. The molecule has 3 aromatic rings. The van der Waals surface area contributed by atoms with Crippen LogP contribution in [0.3, 0.4) is 0 Å². The molecule has 3 aromatic carbocycles. The van der Waals surface area contributed by atoms with Crippen molar-refractivity contribution in [2.45, 2.75) is 43.9 Å². The highest BCUT2D eigenvalue weighted by atomic mass is 16.7. The van der Waals surface area contributed by atoms with Crippen molar-refractivity contribution >= 4 is 16.7 Å². The molecule has 5 rings (SSSR count). The quantitative estimate of drug-likeness (QED) is 0.656. The van der Waals surface area contributed by atoms with Crippen molar-refractivity contribution in [1.29, 1.82) is 0 Å². The van der Waals surface area contributed by atoms with Crippen LogP contribution in [0.15, 0.2) is 72.8 Å². The SMILES string of the molecule is CC(=O)N[C@@H]1[C@H](Oc2cccc3ccccc23)O[C@@H]2CO[C@H](c3ccccc3)O[C@@H]2[C@@H]1O. The van der Waals surface area contributed by atoms with E-state index in [0.717, 1.165) is 16.3 Å². The predicted molar refractivity (Wildman–Crippen MR) is 117 cm³/mol. The molecule has 0 aromatic heterocycles. The molecule has 6 atom stereocenters. The summed E-state index contributed by atoms with van der Waals surface area (Å²) in [6, 6.07) is 22.3. The maximum absolute atomic E-state index is 11.9. The Morgan fingerprint density at radius 3 is 2.56 bits per heavy atom. The van der Waals surface area contributed by atoms with Crippen molar-refractivity contribution in [2.75, 3.05) is 6.61 Å². The first-order valence-corrected chi connectivity index (χ1v) is 10.7. The molecule has 0 bridgehead atoms. The fourth-order valence-corrected chi connectivity index (χ4v) is 4.28. The molecule has 2 heterocycles. The van der Waals surface area contributed by atoms with E-state index in [4.69, 9.17) is 18.9 Å². The fourth-order valence-electron chi connectivity index (χ4n) is 4.28. The van der Waals surface area contributed by atoms with Gasteiger partial charge in [-0.05, 0) is 11.5 Å². The smallest absolute Gasteiger partial charge is 0.223 e. The highest BCUT2D eigenvalue weighted by molar-refractivity contribution is 5.88. The van der Waals surface area contributed by atoms with E-state index in [1.165, 1.54) is 6.92 Å². The summed E-state index contributed by atoms with van der Waals surface area (Å²) in [7, 11) is 0. The third kappa shape index (κ3) is 4.08. The van der Waals surface area contributed by atoms with Gasteiger partial charge in [-0.2, -0.15) is 0 Å². The van der Waals surface area contributed by atoms with E-state index >= 15 is 0 Å². The molecule has 0 aliphatic carbocycles. The normalized spacial score (nSPS) is 29.8. The van der Waals surface area contributed by atoms with Crippen molar-refractivity contribution in [3.8, 4) is 5.75 Å². The van der Waals surface area contributed by atoms with Crippen LogP contribution in [0.5, 0.6) is 5.75 Å². The molecule has 0 radical (unpaired) electrons. The molecule has 1 amide bonds. The molecule has 166 valence electrons. The Kier molecular flexibility index (Phi) is 5.80. The molecule has 2 N–H and O–H groups in total. The lowest BCUT2D eigenvalue weighted by molar-refractivity contribution is -0.333. The van der Waals surface area contributed by atoms with E-state index in [2.05, 4.69) is 5.32 Å². The number of rotatable bonds is 4. The standard InChI is InChI=1S/C25H25NO6/c1-15(27)26-21-22(28)23-20(14-29-24(32-23)17-9-3-2-4-10-17)31-25(21)30-19-13-7-11-16-8-5-6-12-18(16)19/h2-13,20-25,28H,14H2,1H3,(H,26,27)/t20-,21+,22-,23+,24+,25-/m1/s1. The lowest BCUT2D eigenvalue weighted by atomic mass is 9.95. The van der Waals surface area contributed by atoms with Crippen LogP contribution in [0.25, 0.3) is 10.8 Å². The Morgan fingerprint density at radius 2 is 1.75 bits per heavy atom. The monoisotopic (exact) mass is 435 g/mol. The number of ether oxygens (including phenoxy) is 4. The van der Waals surface area contributed by atoms with Gasteiger partial charge < -0.3 is 29.4 Å². The molecular weight excluding hydrogens is 410 g/mol. The van der Waals surface area contributed by atoms with E-state index in [0.29, 0.717) is 5.75 Å². The van der Waals surface area contributed by atoms with Crippen molar-refractivity contribution in [3.63, 3.8) is 0 Å². The minimum atomic E-state index is -1.05. The highest BCUT2D eigenvalue weighted by Crippen LogP contribution is 2.36. The second-order valence-electron chi connectivity index (χ2n) is 8.03. The zero-order valence-electron chi connectivity index (χ0n) is 17.6. The van der Waals surface area contributed by atoms with Gasteiger partial charge in [0.2, 0.25) is 12.2 Å². The summed E-state index contributed by atoms with van der Waals surface area (Å²) >= 11 is 0. The van der Waals surface area contributed by atoms with Crippen LogP contribution in [0.4, 0.5) is 0 Å². The first-order valence-electron chi connectivity index (χ1n) is 10.7. The maximum Gasteiger partial charge on any atom is 0.223 e. The molecule has 2 saturated heterocycles. The number of hydrogen-bond donors (Lipinski definition) is 2. The van der Waals surface area contributed by atoms with Crippen LogP contribution in [0, 0.1) is 0 Å². The van der Waals surface area contributed by atoms with Crippen molar-refractivity contribution < 1.29 is 28.8 Å². The summed E-state index contributed by atoms with van der Waals surface area (Å²) in [5.74, 6) is 0.309. The molecule has 32 heavy (non-hydrogen) atoms. The van der Waals surface area contributed by atoms with Gasteiger partial charge in [0, 0.05) is 17.9 Å². The van der Waals surface area contributed by atoms with E-state index < -0.39 is 36.9 Å². The van der Waals surface area contributed by atoms with Gasteiger partial charge in [0.05, 0.1) is 6.61 Å². The molecule has 0 saturated carbocycles. The number of amides is 1. The van der Waals surface area contributed by atoms with Gasteiger partial charge in [-0.1, -0.05) is 66.7 Å². The summed E-state index contributed by atoms with van der Waals surface area (Å²) < 4.78 is 24.3. The van der Waals surface area contributed by atoms with Crippen LogP contribution in [0.2, 0.25) is 0 Å². The van der Waals surface area contributed by atoms with Crippen LogP contribution in [-0.4, -0.2) is 48.3 Å². The zero-order valence-corrected chi connectivity index (χ0v) is 17.6. The van der Waals surface area contributed by atoms with Gasteiger partial charge in [0.1, 0.15) is 30.1 Å². The highest BCUT2D eigenvalue weighted by Gasteiger charge is 2.50. The van der Waals surface area contributed by atoms with E-state index in [1.807, 2.05) is 72.8 Å². The number of nitrogens with one attached hydrogen (secondary N) is 1. The molecule has 2 fully saturated rings. The number of fused-ring (bicyclic) bond motifs is 2. The van der Waals surface area contributed by atoms with E-state index in [-0.39, 0.29) is 12.5 Å². The van der Waals surface area contributed by atoms with Gasteiger partial charge in [0.15, 0.2) is 6.29 Å². The third-order valence-corrected chi connectivity index (χ3v) is 5.80. The molecule has 2 aliphatic heterocycles. The van der Waals surface area contributed by atoms with E-state index in [1.54, 1.807) is 0 Å². The topological polar surface area (TPSA) is 86.3 Å². The first-order chi connectivity index (χ1) is 15.6. The maximum atomic E-state index is 11.9. The zero-order chi connectivity index (χ0) is 22.1.